The summed E-state index contributed by atoms with van der Waals surface area (Å²) >= 11 is 0. The fraction of sp³-hybridized carbons (Fsp3) is 0.150. The average Bonchev–Trinajstić information content (AvgIpc) is 3.02. The number of hydrogen-bond acceptors (Lipinski definition) is 3. The number of nitrogens with two attached hydrogens (primary N) is 1. The number of amides is 1. The van der Waals surface area contributed by atoms with Crippen LogP contribution in [0.2, 0.25) is 0 Å². The van der Waals surface area contributed by atoms with Gasteiger partial charge in [0.15, 0.2) is 0 Å². The number of furan rings is 1. The topological polar surface area (TPSA) is 68.3 Å². The van der Waals surface area contributed by atoms with Gasteiger partial charge < -0.3 is 15.5 Å². The lowest BCUT2D eigenvalue weighted by atomic mass is 10.0. The molecule has 0 aliphatic heterocycles. The molecule has 24 heavy (non-hydrogen) atoms. The maximum Gasteiger partial charge on any atom is 0.248 e. The Balaban J connectivity index is 1.71. The van der Waals surface area contributed by atoms with Crippen LogP contribution in [-0.4, -0.2) is 5.91 Å². The lowest BCUT2D eigenvalue weighted by molar-refractivity contribution is 0.100. The zero-order valence-electron chi connectivity index (χ0n) is 13.8. The van der Waals surface area contributed by atoms with Crippen molar-refractivity contribution in [1.82, 2.24) is 0 Å². The highest BCUT2D eigenvalue weighted by molar-refractivity contribution is 5.93. The molecule has 3 N–H and O–H groups in total. The number of aryl methyl sites for hydroxylation is 2. The Kier molecular flexibility index (Phi) is 4.38. The van der Waals surface area contributed by atoms with E-state index in [-0.39, 0.29) is 0 Å². The Bertz CT molecular complexity index is 843. The van der Waals surface area contributed by atoms with Gasteiger partial charge in [-0.25, -0.2) is 0 Å². The van der Waals surface area contributed by atoms with E-state index in [1.807, 2.05) is 24.3 Å². The molecule has 0 aliphatic rings. The second-order valence-electron chi connectivity index (χ2n) is 5.83. The number of nitrogens with one attached hydrogen (secondary N) is 1. The van der Waals surface area contributed by atoms with Gasteiger partial charge in [0.25, 0.3) is 0 Å². The smallest absolute Gasteiger partial charge is 0.248 e. The Hall–Kier alpha value is -3.01. The molecule has 0 atom stereocenters. The molecule has 0 saturated heterocycles. The highest BCUT2D eigenvalue weighted by Gasteiger charge is 2.10. The van der Waals surface area contributed by atoms with Crippen molar-refractivity contribution in [3.8, 4) is 11.3 Å². The molecule has 4 nitrogen and oxygen atoms in total. The van der Waals surface area contributed by atoms with E-state index in [0.717, 1.165) is 22.8 Å². The fourth-order valence-corrected chi connectivity index (χ4v) is 2.75. The molecule has 0 saturated carbocycles. The summed E-state index contributed by atoms with van der Waals surface area (Å²) in [4.78, 5) is 11.1. The molecule has 0 unspecified atom stereocenters. The second kappa shape index (κ2) is 6.62. The molecular weight excluding hydrogens is 300 g/mol. The fourth-order valence-electron chi connectivity index (χ4n) is 2.75. The third-order valence-electron chi connectivity index (χ3n) is 4.03. The van der Waals surface area contributed by atoms with Crippen molar-refractivity contribution in [1.29, 1.82) is 0 Å². The van der Waals surface area contributed by atoms with Crippen LogP contribution in [0.4, 0.5) is 5.69 Å². The Morgan fingerprint density at radius 2 is 1.67 bits per heavy atom. The molecule has 2 aromatic carbocycles. The number of primary amides is 1. The first-order valence-electron chi connectivity index (χ1n) is 7.83. The Labute approximate surface area is 141 Å². The SMILES string of the molecule is Cc1cccc(C)c1-c1ccc(CNc2ccc(C(N)=O)cc2)o1. The van der Waals surface area contributed by atoms with Crippen molar-refractivity contribution in [3.63, 3.8) is 0 Å². The van der Waals surface area contributed by atoms with E-state index in [1.165, 1.54) is 11.1 Å². The molecule has 3 aromatic rings. The van der Waals surface area contributed by atoms with Crippen molar-refractivity contribution >= 4 is 11.6 Å². The number of carbonyl (C=O) groups is 1. The molecule has 3 rings (SSSR count). The van der Waals surface area contributed by atoms with Crippen molar-refractivity contribution in [3.05, 3.63) is 77.0 Å². The van der Waals surface area contributed by atoms with Gasteiger partial charge in [-0.15, -0.1) is 0 Å². The highest BCUT2D eigenvalue weighted by Crippen LogP contribution is 2.29. The molecule has 0 radical (unpaired) electrons. The number of hydrogen-bond donors (Lipinski definition) is 2. The highest BCUT2D eigenvalue weighted by atomic mass is 16.3. The van der Waals surface area contributed by atoms with E-state index in [1.54, 1.807) is 12.1 Å². The first-order valence-corrected chi connectivity index (χ1v) is 7.83. The van der Waals surface area contributed by atoms with Crippen LogP contribution >= 0.6 is 0 Å². The minimum Gasteiger partial charge on any atom is -0.459 e. The lowest BCUT2D eigenvalue weighted by Crippen LogP contribution is -2.10. The summed E-state index contributed by atoms with van der Waals surface area (Å²) in [6.45, 7) is 4.74. The molecule has 0 fully saturated rings. The van der Waals surface area contributed by atoms with Gasteiger partial charge >= 0.3 is 0 Å². The van der Waals surface area contributed by atoms with Crippen LogP contribution in [0, 0.1) is 13.8 Å². The standard InChI is InChI=1S/C20H20N2O2/c1-13-4-3-5-14(2)19(13)18-11-10-17(24-18)12-22-16-8-6-15(7-9-16)20(21)23/h3-11,22H,12H2,1-2H3,(H2,21,23). The maximum absolute atomic E-state index is 11.1. The van der Waals surface area contributed by atoms with Gasteiger partial charge in [0.1, 0.15) is 11.5 Å². The van der Waals surface area contributed by atoms with Gasteiger partial charge in [-0.1, -0.05) is 18.2 Å². The van der Waals surface area contributed by atoms with Gasteiger partial charge in [0, 0.05) is 16.8 Å². The van der Waals surface area contributed by atoms with Crippen LogP contribution in [0.15, 0.2) is 59.0 Å². The first-order chi connectivity index (χ1) is 11.5. The lowest BCUT2D eigenvalue weighted by Gasteiger charge is -2.07. The zero-order chi connectivity index (χ0) is 17.1. The molecule has 4 heteroatoms. The van der Waals surface area contributed by atoms with Crippen molar-refractivity contribution in [2.75, 3.05) is 5.32 Å². The summed E-state index contributed by atoms with van der Waals surface area (Å²) in [6.07, 6.45) is 0. The van der Waals surface area contributed by atoms with E-state index in [4.69, 9.17) is 10.2 Å². The van der Waals surface area contributed by atoms with E-state index < -0.39 is 5.91 Å². The maximum atomic E-state index is 11.1. The first kappa shape index (κ1) is 15.9. The predicted molar refractivity (Wildman–Crippen MR) is 95.9 cm³/mol. The average molecular weight is 320 g/mol. The van der Waals surface area contributed by atoms with E-state index in [0.29, 0.717) is 12.1 Å². The second-order valence-corrected chi connectivity index (χ2v) is 5.83. The summed E-state index contributed by atoms with van der Waals surface area (Å²) in [5.74, 6) is 1.31. The third kappa shape index (κ3) is 3.33. The minimum absolute atomic E-state index is 0.425. The van der Waals surface area contributed by atoms with Crippen LogP contribution < -0.4 is 11.1 Å². The number of rotatable bonds is 5. The molecule has 1 aromatic heterocycles. The summed E-state index contributed by atoms with van der Waals surface area (Å²) < 4.78 is 5.98. The van der Waals surface area contributed by atoms with Crippen LogP contribution in [0.1, 0.15) is 27.2 Å². The normalized spacial score (nSPS) is 10.6. The Morgan fingerprint density at radius 1 is 1.00 bits per heavy atom. The largest absolute Gasteiger partial charge is 0.459 e. The minimum atomic E-state index is -0.425. The summed E-state index contributed by atoms with van der Waals surface area (Å²) in [6, 6.07) is 17.3. The molecule has 1 amide bonds. The van der Waals surface area contributed by atoms with Crippen molar-refractivity contribution < 1.29 is 9.21 Å². The quantitative estimate of drug-likeness (QED) is 0.737. The van der Waals surface area contributed by atoms with E-state index in [9.17, 15) is 4.79 Å². The van der Waals surface area contributed by atoms with Gasteiger partial charge in [0.2, 0.25) is 5.91 Å². The zero-order valence-corrected chi connectivity index (χ0v) is 13.8. The summed E-state index contributed by atoms with van der Waals surface area (Å²) in [7, 11) is 0. The van der Waals surface area contributed by atoms with Crippen LogP contribution in [0.3, 0.4) is 0 Å². The van der Waals surface area contributed by atoms with Crippen molar-refractivity contribution in [2.45, 2.75) is 20.4 Å². The molecule has 122 valence electrons. The molecule has 0 bridgehead atoms. The molecule has 1 heterocycles. The number of benzene rings is 2. The van der Waals surface area contributed by atoms with Gasteiger partial charge in [-0.2, -0.15) is 0 Å². The van der Waals surface area contributed by atoms with E-state index in [2.05, 4.69) is 37.4 Å². The van der Waals surface area contributed by atoms with Crippen LogP contribution in [-0.2, 0) is 6.54 Å². The van der Waals surface area contributed by atoms with Crippen LogP contribution in [0.25, 0.3) is 11.3 Å². The van der Waals surface area contributed by atoms with Crippen molar-refractivity contribution in [2.24, 2.45) is 5.73 Å². The third-order valence-corrected chi connectivity index (χ3v) is 4.03. The van der Waals surface area contributed by atoms with E-state index >= 15 is 0 Å². The van der Waals surface area contributed by atoms with Crippen LogP contribution in [0.5, 0.6) is 0 Å². The summed E-state index contributed by atoms with van der Waals surface area (Å²) in [5, 5.41) is 3.28. The molecular formula is C20H20N2O2. The number of anilines is 1. The van der Waals surface area contributed by atoms with Gasteiger partial charge in [0.05, 0.1) is 6.54 Å². The van der Waals surface area contributed by atoms with Gasteiger partial charge in [-0.3, -0.25) is 4.79 Å². The Morgan fingerprint density at radius 3 is 2.29 bits per heavy atom. The number of carbonyl (C=O) groups excluding carboxylic acids is 1. The summed E-state index contributed by atoms with van der Waals surface area (Å²) in [5.41, 5.74) is 10.2. The monoisotopic (exact) mass is 320 g/mol. The predicted octanol–water partition coefficient (Wildman–Crippen LogP) is 4.27. The molecule has 0 aliphatic carbocycles. The molecule has 0 spiro atoms. The van der Waals surface area contributed by atoms with Gasteiger partial charge in [-0.05, 0) is 61.4 Å².